The molecule has 1 heterocycles. The van der Waals surface area contributed by atoms with Gasteiger partial charge in [0.25, 0.3) is 0 Å². The van der Waals surface area contributed by atoms with Crippen LogP contribution in [-0.4, -0.2) is 24.3 Å². The highest BCUT2D eigenvalue weighted by molar-refractivity contribution is 5.77. The molecule has 3 nitrogen and oxygen atoms in total. The van der Waals surface area contributed by atoms with Crippen LogP contribution in [0.25, 0.3) is 0 Å². The molecule has 0 aromatic heterocycles. The van der Waals surface area contributed by atoms with E-state index in [0.29, 0.717) is 13.2 Å². The first-order chi connectivity index (χ1) is 8.72. The number of hydrogen-bond donors (Lipinski definition) is 1. The van der Waals surface area contributed by atoms with Crippen LogP contribution in [0, 0.1) is 26.2 Å². The lowest BCUT2D eigenvalue weighted by Crippen LogP contribution is -2.60. The van der Waals surface area contributed by atoms with Gasteiger partial charge < -0.3 is 9.84 Å². The molecule has 1 aliphatic rings. The summed E-state index contributed by atoms with van der Waals surface area (Å²) in [6.07, 6.45) is 0. The zero-order chi connectivity index (χ0) is 14.4. The molecule has 19 heavy (non-hydrogen) atoms. The summed E-state index contributed by atoms with van der Waals surface area (Å²) in [6.45, 7) is 10.8. The predicted octanol–water partition coefficient (Wildman–Crippen LogP) is 2.99. The Labute approximate surface area is 114 Å². The van der Waals surface area contributed by atoms with Gasteiger partial charge >= 0.3 is 5.97 Å². The third-order valence-corrected chi connectivity index (χ3v) is 4.58. The van der Waals surface area contributed by atoms with Crippen LogP contribution in [0.5, 0.6) is 0 Å². The Morgan fingerprint density at radius 2 is 1.68 bits per heavy atom. The second-order valence-electron chi connectivity index (χ2n) is 6.28. The monoisotopic (exact) mass is 262 g/mol. The normalized spacial score (nSPS) is 17.9. The van der Waals surface area contributed by atoms with E-state index >= 15 is 0 Å². The molecule has 1 N–H and O–H groups in total. The summed E-state index contributed by atoms with van der Waals surface area (Å²) in [6, 6.07) is 4.25. The predicted molar refractivity (Wildman–Crippen MR) is 74.6 cm³/mol. The van der Waals surface area contributed by atoms with Gasteiger partial charge in [-0.05, 0) is 51.3 Å². The van der Waals surface area contributed by atoms with Crippen molar-refractivity contribution < 1.29 is 14.6 Å². The van der Waals surface area contributed by atoms with Gasteiger partial charge in [0, 0.05) is 0 Å². The Kier molecular flexibility index (Phi) is 3.21. The van der Waals surface area contributed by atoms with Crippen LogP contribution in [0.15, 0.2) is 12.1 Å². The lowest BCUT2D eigenvalue weighted by atomic mass is 9.58. The van der Waals surface area contributed by atoms with E-state index in [2.05, 4.69) is 32.9 Å². The molecule has 0 bridgehead atoms. The standard InChI is InChI=1S/C16H22O3/c1-10-6-11(2)13(12(3)7-10)16(8-19-9-16)15(4,5)14(17)18/h6-7H,8-9H2,1-5H3,(H,17,18). The molecule has 2 rings (SSSR count). The molecule has 1 aliphatic heterocycles. The van der Waals surface area contributed by atoms with Crippen molar-refractivity contribution >= 4 is 5.97 Å². The number of hydrogen-bond acceptors (Lipinski definition) is 2. The molecule has 1 aromatic carbocycles. The topological polar surface area (TPSA) is 46.5 Å². The number of carbonyl (C=O) groups is 1. The molecule has 0 saturated carbocycles. The molecular weight excluding hydrogens is 240 g/mol. The lowest BCUT2D eigenvalue weighted by Gasteiger charge is -2.51. The van der Waals surface area contributed by atoms with Crippen LogP contribution in [0.2, 0.25) is 0 Å². The highest BCUT2D eigenvalue weighted by atomic mass is 16.5. The summed E-state index contributed by atoms with van der Waals surface area (Å²) in [5.41, 5.74) is 3.43. The van der Waals surface area contributed by atoms with E-state index < -0.39 is 16.8 Å². The third-order valence-electron chi connectivity index (χ3n) is 4.58. The molecule has 0 atom stereocenters. The minimum Gasteiger partial charge on any atom is -0.481 e. The van der Waals surface area contributed by atoms with Gasteiger partial charge in [0.05, 0.1) is 24.0 Å². The number of ether oxygens (including phenoxy) is 1. The molecule has 0 amide bonds. The van der Waals surface area contributed by atoms with Crippen molar-refractivity contribution in [1.82, 2.24) is 0 Å². The molecule has 1 saturated heterocycles. The third kappa shape index (κ3) is 1.88. The highest BCUT2D eigenvalue weighted by Crippen LogP contribution is 2.49. The average molecular weight is 262 g/mol. The van der Waals surface area contributed by atoms with E-state index in [1.807, 2.05) is 0 Å². The number of carboxylic acids is 1. The maximum absolute atomic E-state index is 11.7. The summed E-state index contributed by atoms with van der Waals surface area (Å²) < 4.78 is 5.41. The van der Waals surface area contributed by atoms with Gasteiger partial charge in [0.15, 0.2) is 0 Å². The minimum absolute atomic E-state index is 0.416. The first-order valence-electron chi connectivity index (χ1n) is 6.62. The molecule has 0 aliphatic carbocycles. The van der Waals surface area contributed by atoms with E-state index in [-0.39, 0.29) is 0 Å². The number of aryl methyl sites for hydroxylation is 3. The Morgan fingerprint density at radius 1 is 1.21 bits per heavy atom. The average Bonchev–Trinajstić information content (AvgIpc) is 2.19. The number of rotatable bonds is 3. The Morgan fingerprint density at radius 3 is 2.00 bits per heavy atom. The first-order valence-corrected chi connectivity index (χ1v) is 6.62. The Bertz CT molecular complexity index is 502. The maximum Gasteiger partial charge on any atom is 0.310 e. The fourth-order valence-corrected chi connectivity index (χ4v) is 3.26. The van der Waals surface area contributed by atoms with Crippen molar-refractivity contribution in [2.75, 3.05) is 13.2 Å². The van der Waals surface area contributed by atoms with E-state index in [9.17, 15) is 9.90 Å². The van der Waals surface area contributed by atoms with Gasteiger partial charge in [-0.25, -0.2) is 0 Å². The minimum atomic E-state index is -0.837. The Balaban J connectivity index is 2.64. The smallest absolute Gasteiger partial charge is 0.310 e. The summed E-state index contributed by atoms with van der Waals surface area (Å²) in [4.78, 5) is 11.7. The van der Waals surface area contributed by atoms with Gasteiger partial charge in [-0.3, -0.25) is 4.79 Å². The fraction of sp³-hybridized carbons (Fsp3) is 0.562. The lowest BCUT2D eigenvalue weighted by molar-refractivity contribution is -0.171. The van der Waals surface area contributed by atoms with Crippen LogP contribution in [0.1, 0.15) is 36.1 Å². The van der Waals surface area contributed by atoms with E-state index in [1.165, 1.54) is 5.56 Å². The van der Waals surface area contributed by atoms with Gasteiger partial charge in [0.2, 0.25) is 0 Å². The van der Waals surface area contributed by atoms with Crippen LogP contribution in [0.4, 0.5) is 0 Å². The van der Waals surface area contributed by atoms with Gasteiger partial charge in [0.1, 0.15) is 0 Å². The first kappa shape index (κ1) is 14.1. The van der Waals surface area contributed by atoms with Crippen molar-refractivity contribution in [2.24, 2.45) is 5.41 Å². The van der Waals surface area contributed by atoms with Crippen molar-refractivity contribution in [3.8, 4) is 0 Å². The second kappa shape index (κ2) is 4.34. The van der Waals surface area contributed by atoms with Crippen LogP contribution in [0.3, 0.4) is 0 Å². The number of aliphatic carboxylic acids is 1. The van der Waals surface area contributed by atoms with E-state index in [1.54, 1.807) is 13.8 Å². The van der Waals surface area contributed by atoms with Crippen molar-refractivity contribution in [1.29, 1.82) is 0 Å². The van der Waals surface area contributed by atoms with Gasteiger partial charge in [-0.15, -0.1) is 0 Å². The Hall–Kier alpha value is -1.35. The van der Waals surface area contributed by atoms with E-state index in [4.69, 9.17) is 4.74 Å². The summed E-state index contributed by atoms with van der Waals surface area (Å²) >= 11 is 0. The molecule has 0 radical (unpaired) electrons. The summed E-state index contributed by atoms with van der Waals surface area (Å²) in [7, 11) is 0. The van der Waals surface area contributed by atoms with Crippen LogP contribution >= 0.6 is 0 Å². The van der Waals surface area contributed by atoms with Crippen molar-refractivity contribution in [3.63, 3.8) is 0 Å². The zero-order valence-electron chi connectivity index (χ0n) is 12.3. The second-order valence-corrected chi connectivity index (χ2v) is 6.28. The summed E-state index contributed by atoms with van der Waals surface area (Å²) in [5, 5.41) is 9.58. The van der Waals surface area contributed by atoms with Crippen LogP contribution < -0.4 is 0 Å². The molecule has 3 heteroatoms. The van der Waals surface area contributed by atoms with Crippen LogP contribution in [-0.2, 0) is 14.9 Å². The highest BCUT2D eigenvalue weighted by Gasteiger charge is 2.57. The largest absolute Gasteiger partial charge is 0.481 e. The SMILES string of the molecule is Cc1cc(C)c(C2(C(C)(C)C(=O)O)COC2)c(C)c1. The molecule has 0 spiro atoms. The molecule has 1 aromatic rings. The van der Waals surface area contributed by atoms with Crippen molar-refractivity contribution in [3.05, 3.63) is 34.4 Å². The molecule has 104 valence electrons. The fourth-order valence-electron chi connectivity index (χ4n) is 3.26. The molecular formula is C16H22O3. The maximum atomic E-state index is 11.7. The van der Waals surface area contributed by atoms with Gasteiger partial charge in [-0.1, -0.05) is 17.7 Å². The summed E-state index contributed by atoms with van der Waals surface area (Å²) in [5.74, 6) is -0.768. The van der Waals surface area contributed by atoms with Gasteiger partial charge in [-0.2, -0.15) is 0 Å². The number of benzene rings is 1. The van der Waals surface area contributed by atoms with E-state index in [0.717, 1.165) is 16.7 Å². The zero-order valence-corrected chi connectivity index (χ0v) is 12.3. The number of carboxylic acid groups (broad SMARTS) is 1. The molecule has 0 unspecified atom stereocenters. The molecule has 1 fully saturated rings. The van der Waals surface area contributed by atoms with Crippen molar-refractivity contribution in [2.45, 2.75) is 40.0 Å². The quantitative estimate of drug-likeness (QED) is 0.911.